The first-order valence-electron chi connectivity index (χ1n) is 7.43. The van der Waals surface area contributed by atoms with Crippen molar-refractivity contribution in [1.82, 2.24) is 10.2 Å². The van der Waals surface area contributed by atoms with Gasteiger partial charge in [0.2, 0.25) is 5.91 Å². The van der Waals surface area contributed by atoms with Gasteiger partial charge in [-0.2, -0.15) is 0 Å². The van der Waals surface area contributed by atoms with Crippen LogP contribution in [0.2, 0.25) is 0 Å². The summed E-state index contributed by atoms with van der Waals surface area (Å²) >= 11 is 5.50. The molecule has 0 spiro atoms. The maximum absolute atomic E-state index is 11.4. The molecule has 1 unspecified atom stereocenters. The van der Waals surface area contributed by atoms with Gasteiger partial charge in [-0.1, -0.05) is 0 Å². The molecule has 0 saturated carbocycles. The van der Waals surface area contributed by atoms with Crippen LogP contribution in [-0.4, -0.2) is 29.9 Å². The third-order valence-electron chi connectivity index (χ3n) is 4.46. The summed E-state index contributed by atoms with van der Waals surface area (Å²) in [5.74, 6) is 0.213. The van der Waals surface area contributed by atoms with Gasteiger partial charge in [-0.25, -0.2) is 0 Å². The average molecular weight is 357 g/mol. The summed E-state index contributed by atoms with van der Waals surface area (Å²) in [5.41, 5.74) is 1.50. The number of hydrogen-bond acceptors (Lipinski definition) is 3. The number of amides is 1. The third-order valence-corrected chi connectivity index (χ3v) is 6.17. The van der Waals surface area contributed by atoms with Crippen LogP contribution in [-0.2, 0) is 11.2 Å². The van der Waals surface area contributed by atoms with Gasteiger partial charge in [0.25, 0.3) is 0 Å². The van der Waals surface area contributed by atoms with Gasteiger partial charge < -0.3 is 10.2 Å². The van der Waals surface area contributed by atoms with E-state index in [4.69, 9.17) is 0 Å². The zero-order chi connectivity index (χ0) is 14.1. The Balaban J connectivity index is 1.61. The van der Waals surface area contributed by atoms with Crippen molar-refractivity contribution < 1.29 is 4.79 Å². The number of aryl methyl sites for hydroxylation is 1. The lowest BCUT2D eigenvalue weighted by atomic mass is 9.92. The largest absolute Gasteiger partial charge is 0.343 e. The summed E-state index contributed by atoms with van der Waals surface area (Å²) in [4.78, 5) is 14.9. The van der Waals surface area contributed by atoms with Gasteiger partial charge in [-0.3, -0.25) is 4.79 Å². The number of rotatable bonds is 2. The number of thiophene rings is 1. The summed E-state index contributed by atoms with van der Waals surface area (Å²) in [6, 6.07) is 3.36. The van der Waals surface area contributed by atoms with E-state index >= 15 is 0 Å². The van der Waals surface area contributed by atoms with Gasteiger partial charge in [-0.05, 0) is 59.7 Å². The lowest BCUT2D eigenvalue weighted by molar-refractivity contribution is -0.129. The molecular weight excluding hydrogens is 336 g/mol. The molecule has 2 aliphatic rings. The Morgan fingerprint density at radius 2 is 2.15 bits per heavy atom. The van der Waals surface area contributed by atoms with Crippen molar-refractivity contribution in [2.24, 2.45) is 0 Å². The maximum atomic E-state index is 11.4. The highest BCUT2D eigenvalue weighted by Crippen LogP contribution is 2.38. The number of nitrogens with one attached hydrogen (secondary N) is 1. The van der Waals surface area contributed by atoms with E-state index in [0.29, 0.717) is 12.1 Å². The lowest BCUT2D eigenvalue weighted by Crippen LogP contribution is -2.45. The van der Waals surface area contributed by atoms with Crippen LogP contribution in [0.4, 0.5) is 0 Å². The van der Waals surface area contributed by atoms with Gasteiger partial charge in [0.15, 0.2) is 0 Å². The molecule has 1 aliphatic carbocycles. The third kappa shape index (κ3) is 3.10. The second-order valence-electron chi connectivity index (χ2n) is 5.82. The minimum atomic E-state index is 0.213. The topological polar surface area (TPSA) is 32.3 Å². The first-order chi connectivity index (χ1) is 9.63. The normalized spacial score (nSPS) is 23.7. The number of carbonyl (C=O) groups is 1. The number of likely N-dealkylation sites (tertiary alicyclic amines) is 1. The monoisotopic (exact) mass is 356 g/mol. The molecule has 3 nitrogen and oxygen atoms in total. The molecule has 1 N–H and O–H groups in total. The van der Waals surface area contributed by atoms with E-state index in [1.807, 2.05) is 16.2 Å². The molecule has 0 aromatic carbocycles. The second-order valence-corrected chi connectivity index (χ2v) is 8.34. The SMILES string of the molecule is CC(=O)N1CCC(NC2CCCc3sc(Br)cc32)CC1. The Morgan fingerprint density at radius 1 is 1.40 bits per heavy atom. The Labute approximate surface area is 132 Å². The average Bonchev–Trinajstić information content (AvgIpc) is 2.81. The van der Waals surface area contributed by atoms with Crippen LogP contribution in [0, 0.1) is 0 Å². The van der Waals surface area contributed by atoms with E-state index in [9.17, 15) is 4.79 Å². The van der Waals surface area contributed by atoms with Crippen LogP contribution in [0.25, 0.3) is 0 Å². The molecular formula is C15H21BrN2OS. The van der Waals surface area contributed by atoms with Crippen molar-refractivity contribution in [1.29, 1.82) is 0 Å². The van der Waals surface area contributed by atoms with Crippen molar-refractivity contribution in [3.05, 3.63) is 20.3 Å². The van der Waals surface area contributed by atoms with E-state index < -0.39 is 0 Å². The molecule has 0 radical (unpaired) electrons. The fourth-order valence-electron chi connectivity index (χ4n) is 3.34. The van der Waals surface area contributed by atoms with Crippen LogP contribution in [0.5, 0.6) is 0 Å². The van der Waals surface area contributed by atoms with E-state index in [1.54, 1.807) is 11.8 Å². The summed E-state index contributed by atoms with van der Waals surface area (Å²) in [6.45, 7) is 3.48. The molecule has 1 fully saturated rings. The lowest BCUT2D eigenvalue weighted by Gasteiger charge is -2.35. The number of halogens is 1. The zero-order valence-electron chi connectivity index (χ0n) is 11.8. The number of carbonyl (C=O) groups excluding carboxylic acids is 1. The fraction of sp³-hybridized carbons (Fsp3) is 0.667. The predicted octanol–water partition coefficient (Wildman–Crippen LogP) is 3.49. The molecule has 110 valence electrons. The Hall–Kier alpha value is -0.390. The highest BCUT2D eigenvalue weighted by atomic mass is 79.9. The minimum Gasteiger partial charge on any atom is -0.343 e. The number of piperidine rings is 1. The van der Waals surface area contributed by atoms with Crippen molar-refractivity contribution >= 4 is 33.2 Å². The van der Waals surface area contributed by atoms with Crippen LogP contribution in [0.1, 0.15) is 49.1 Å². The number of nitrogens with zero attached hydrogens (tertiary/aromatic N) is 1. The van der Waals surface area contributed by atoms with Crippen molar-refractivity contribution in [3.8, 4) is 0 Å². The first-order valence-corrected chi connectivity index (χ1v) is 9.04. The van der Waals surface area contributed by atoms with Crippen molar-refractivity contribution in [2.75, 3.05) is 13.1 Å². The minimum absolute atomic E-state index is 0.213. The van der Waals surface area contributed by atoms with Gasteiger partial charge >= 0.3 is 0 Å². The fourth-order valence-corrected chi connectivity index (χ4v) is 5.16. The first kappa shape index (κ1) is 14.5. The molecule has 1 aromatic heterocycles. The summed E-state index contributed by atoms with van der Waals surface area (Å²) in [7, 11) is 0. The number of hydrogen-bond donors (Lipinski definition) is 1. The highest BCUT2D eigenvalue weighted by Gasteiger charge is 2.27. The van der Waals surface area contributed by atoms with Crippen LogP contribution in [0.3, 0.4) is 0 Å². The standard InChI is InChI=1S/C15H21BrN2OS/c1-10(19)18-7-5-11(6-8-18)17-13-3-2-4-14-12(13)9-15(16)20-14/h9,11,13,17H,2-8H2,1H3. The Morgan fingerprint density at radius 3 is 2.85 bits per heavy atom. The summed E-state index contributed by atoms with van der Waals surface area (Å²) in [5, 5.41) is 3.83. The molecule has 0 bridgehead atoms. The Bertz CT molecular complexity index is 494. The molecule has 3 rings (SSSR count). The molecule has 1 atom stereocenters. The molecule has 1 aliphatic heterocycles. The molecule has 1 amide bonds. The predicted molar refractivity (Wildman–Crippen MR) is 86.1 cm³/mol. The number of fused-ring (bicyclic) bond motifs is 1. The molecule has 1 aromatic rings. The van der Waals surface area contributed by atoms with Crippen LogP contribution >= 0.6 is 27.3 Å². The van der Waals surface area contributed by atoms with E-state index in [-0.39, 0.29) is 5.91 Å². The molecule has 5 heteroatoms. The second kappa shape index (κ2) is 6.16. The van der Waals surface area contributed by atoms with Crippen LogP contribution in [0.15, 0.2) is 9.85 Å². The summed E-state index contributed by atoms with van der Waals surface area (Å²) < 4.78 is 1.25. The highest BCUT2D eigenvalue weighted by molar-refractivity contribution is 9.11. The van der Waals surface area contributed by atoms with Gasteiger partial charge in [0.05, 0.1) is 3.79 Å². The smallest absolute Gasteiger partial charge is 0.219 e. The quantitative estimate of drug-likeness (QED) is 0.879. The van der Waals surface area contributed by atoms with E-state index in [1.165, 1.54) is 28.6 Å². The van der Waals surface area contributed by atoms with Crippen molar-refractivity contribution in [3.63, 3.8) is 0 Å². The maximum Gasteiger partial charge on any atom is 0.219 e. The van der Waals surface area contributed by atoms with Gasteiger partial charge in [0, 0.05) is 37.0 Å². The molecule has 2 heterocycles. The van der Waals surface area contributed by atoms with Crippen molar-refractivity contribution in [2.45, 2.75) is 51.1 Å². The molecule has 1 saturated heterocycles. The van der Waals surface area contributed by atoms with Gasteiger partial charge in [0.1, 0.15) is 0 Å². The Kier molecular flexibility index (Phi) is 4.48. The zero-order valence-corrected chi connectivity index (χ0v) is 14.2. The van der Waals surface area contributed by atoms with E-state index in [0.717, 1.165) is 25.9 Å². The van der Waals surface area contributed by atoms with Gasteiger partial charge in [-0.15, -0.1) is 11.3 Å². The molecule has 20 heavy (non-hydrogen) atoms. The van der Waals surface area contributed by atoms with E-state index in [2.05, 4.69) is 27.3 Å². The van der Waals surface area contributed by atoms with Crippen LogP contribution < -0.4 is 5.32 Å². The summed E-state index contributed by atoms with van der Waals surface area (Å²) in [6.07, 6.45) is 5.91.